The van der Waals surface area contributed by atoms with E-state index in [1.165, 1.54) is 5.56 Å². The van der Waals surface area contributed by atoms with Gasteiger partial charge in [0.15, 0.2) is 5.78 Å². The van der Waals surface area contributed by atoms with Crippen molar-refractivity contribution in [3.05, 3.63) is 64.0 Å². The number of benzene rings is 1. The SMILES string of the molecule is CCc1cc(C)cc(CC)c1C1=C(O)CC(C(C)(C)CSc2ccc(C)cn2)CC1=O. The average molecular weight is 438 g/mol. The minimum atomic E-state index is -0.0964. The predicted octanol–water partition coefficient (Wildman–Crippen LogP) is 6.89. The summed E-state index contributed by atoms with van der Waals surface area (Å²) in [4.78, 5) is 17.8. The summed E-state index contributed by atoms with van der Waals surface area (Å²) in [6, 6.07) is 8.44. The van der Waals surface area contributed by atoms with E-state index in [-0.39, 0.29) is 22.9 Å². The maximum atomic E-state index is 13.4. The quantitative estimate of drug-likeness (QED) is 0.479. The fourth-order valence-electron chi connectivity index (χ4n) is 4.47. The van der Waals surface area contributed by atoms with Crippen LogP contribution in [0.5, 0.6) is 0 Å². The minimum Gasteiger partial charge on any atom is -0.512 e. The van der Waals surface area contributed by atoms with Crippen molar-refractivity contribution in [2.75, 3.05) is 5.75 Å². The Morgan fingerprint density at radius 3 is 2.23 bits per heavy atom. The number of aliphatic hydroxyl groups is 1. The van der Waals surface area contributed by atoms with Gasteiger partial charge in [0.2, 0.25) is 0 Å². The summed E-state index contributed by atoms with van der Waals surface area (Å²) in [5.41, 5.74) is 6.12. The molecule has 0 fully saturated rings. The second-order valence-electron chi connectivity index (χ2n) is 9.47. The molecule has 4 heteroatoms. The molecule has 0 amide bonds. The van der Waals surface area contributed by atoms with Gasteiger partial charge in [0.1, 0.15) is 5.76 Å². The first-order valence-corrected chi connectivity index (χ1v) is 12.3. The van der Waals surface area contributed by atoms with Crippen LogP contribution in [-0.4, -0.2) is 21.6 Å². The first-order chi connectivity index (χ1) is 14.7. The summed E-state index contributed by atoms with van der Waals surface area (Å²) in [5.74, 6) is 1.31. The molecule has 1 aliphatic rings. The van der Waals surface area contributed by atoms with Gasteiger partial charge in [0, 0.05) is 24.8 Å². The minimum absolute atomic E-state index is 0.0774. The van der Waals surface area contributed by atoms with Crippen molar-refractivity contribution < 1.29 is 9.90 Å². The van der Waals surface area contributed by atoms with E-state index < -0.39 is 0 Å². The summed E-state index contributed by atoms with van der Waals surface area (Å²) < 4.78 is 0. The Hall–Kier alpha value is -2.07. The monoisotopic (exact) mass is 437 g/mol. The zero-order chi connectivity index (χ0) is 22.8. The van der Waals surface area contributed by atoms with Crippen molar-refractivity contribution in [3.8, 4) is 0 Å². The number of aliphatic hydroxyl groups excluding tert-OH is 1. The van der Waals surface area contributed by atoms with Crippen LogP contribution < -0.4 is 0 Å². The van der Waals surface area contributed by atoms with Crippen LogP contribution in [0.15, 0.2) is 41.2 Å². The number of Topliss-reactive ketones (excluding diaryl/α,β-unsaturated/α-hetero) is 1. The second-order valence-corrected chi connectivity index (χ2v) is 10.5. The number of hydrogen-bond donors (Lipinski definition) is 1. The molecule has 2 aromatic rings. The lowest BCUT2D eigenvalue weighted by molar-refractivity contribution is -0.116. The highest BCUT2D eigenvalue weighted by Crippen LogP contribution is 2.44. The maximum Gasteiger partial charge on any atom is 0.167 e. The second kappa shape index (κ2) is 9.60. The molecule has 1 heterocycles. The highest BCUT2D eigenvalue weighted by atomic mass is 32.2. The number of allylic oxidation sites excluding steroid dienone is 2. The fraction of sp³-hybridized carbons (Fsp3) is 0.481. The van der Waals surface area contributed by atoms with E-state index in [0.29, 0.717) is 18.4 Å². The molecule has 1 N–H and O–H groups in total. The number of hydrogen-bond acceptors (Lipinski definition) is 4. The number of aryl methyl sites for hydroxylation is 4. The van der Waals surface area contributed by atoms with Gasteiger partial charge in [-0.25, -0.2) is 4.98 Å². The zero-order valence-corrected chi connectivity index (χ0v) is 20.5. The molecular formula is C27H35NO2S. The molecule has 0 spiro atoms. The molecule has 1 aromatic carbocycles. The molecule has 0 bridgehead atoms. The summed E-state index contributed by atoms with van der Waals surface area (Å²) in [5, 5.41) is 12.1. The van der Waals surface area contributed by atoms with Gasteiger partial charge in [-0.1, -0.05) is 51.5 Å². The largest absolute Gasteiger partial charge is 0.512 e. The van der Waals surface area contributed by atoms with E-state index >= 15 is 0 Å². The van der Waals surface area contributed by atoms with Crippen LogP contribution in [-0.2, 0) is 17.6 Å². The molecule has 3 nitrogen and oxygen atoms in total. The highest BCUT2D eigenvalue weighted by Gasteiger charge is 2.38. The predicted molar refractivity (Wildman–Crippen MR) is 131 cm³/mol. The van der Waals surface area contributed by atoms with Crippen molar-refractivity contribution in [2.45, 2.75) is 72.3 Å². The van der Waals surface area contributed by atoms with Gasteiger partial charge in [-0.2, -0.15) is 0 Å². The van der Waals surface area contributed by atoms with Crippen LogP contribution in [0.3, 0.4) is 0 Å². The van der Waals surface area contributed by atoms with Crippen molar-refractivity contribution >= 4 is 23.1 Å². The molecule has 3 rings (SSSR count). The number of rotatable bonds is 7. The Balaban J connectivity index is 1.86. The van der Waals surface area contributed by atoms with Crippen molar-refractivity contribution in [1.29, 1.82) is 0 Å². The number of nitrogens with zero attached hydrogens (tertiary/aromatic N) is 1. The number of ketones is 1. The van der Waals surface area contributed by atoms with Gasteiger partial charge in [-0.3, -0.25) is 4.79 Å². The lowest BCUT2D eigenvalue weighted by atomic mass is 9.70. The summed E-state index contributed by atoms with van der Waals surface area (Å²) in [6.07, 6.45) is 4.62. The van der Waals surface area contributed by atoms with Gasteiger partial charge in [0.05, 0.1) is 10.6 Å². The number of aromatic nitrogens is 1. The van der Waals surface area contributed by atoms with E-state index in [9.17, 15) is 9.90 Å². The molecule has 1 atom stereocenters. The first kappa shape index (κ1) is 23.6. The van der Waals surface area contributed by atoms with E-state index in [0.717, 1.165) is 45.9 Å². The summed E-state index contributed by atoms with van der Waals surface area (Å²) in [7, 11) is 0. The Kier molecular flexibility index (Phi) is 7.31. The van der Waals surface area contributed by atoms with Gasteiger partial charge in [0.25, 0.3) is 0 Å². The molecular weight excluding hydrogens is 402 g/mol. The van der Waals surface area contributed by atoms with Crippen LogP contribution >= 0.6 is 11.8 Å². The van der Waals surface area contributed by atoms with Crippen LogP contribution in [0.25, 0.3) is 5.57 Å². The number of carbonyl (C=O) groups is 1. The van der Waals surface area contributed by atoms with Gasteiger partial charge < -0.3 is 5.11 Å². The lowest BCUT2D eigenvalue weighted by Crippen LogP contribution is -2.33. The van der Waals surface area contributed by atoms with E-state index in [2.05, 4.69) is 57.8 Å². The molecule has 31 heavy (non-hydrogen) atoms. The first-order valence-electron chi connectivity index (χ1n) is 11.3. The summed E-state index contributed by atoms with van der Waals surface area (Å²) in [6.45, 7) is 12.8. The summed E-state index contributed by atoms with van der Waals surface area (Å²) >= 11 is 1.72. The lowest BCUT2D eigenvalue weighted by Gasteiger charge is -2.37. The average Bonchev–Trinajstić information content (AvgIpc) is 2.73. The van der Waals surface area contributed by atoms with Crippen molar-refractivity contribution in [3.63, 3.8) is 0 Å². The topological polar surface area (TPSA) is 50.2 Å². The third-order valence-electron chi connectivity index (χ3n) is 6.48. The Morgan fingerprint density at radius 1 is 1.06 bits per heavy atom. The van der Waals surface area contributed by atoms with E-state index in [4.69, 9.17) is 0 Å². The Morgan fingerprint density at radius 2 is 1.71 bits per heavy atom. The molecule has 166 valence electrons. The molecule has 0 aliphatic heterocycles. The Labute approximate surface area is 191 Å². The van der Waals surface area contributed by atoms with Crippen LogP contribution in [0.2, 0.25) is 0 Å². The molecule has 0 saturated carbocycles. The molecule has 0 saturated heterocycles. The standard InChI is InChI=1S/C27H35NO2S/c1-7-19-11-18(4)12-20(8-2)25(19)26-22(29)13-21(14-23(26)30)27(5,6)16-31-24-10-9-17(3)15-28-24/h9-12,15,21,29H,7-8,13-14,16H2,1-6H3. The molecule has 1 unspecified atom stereocenters. The molecule has 1 aliphatic carbocycles. The molecule has 0 radical (unpaired) electrons. The smallest absolute Gasteiger partial charge is 0.167 e. The van der Waals surface area contributed by atoms with E-state index in [1.807, 2.05) is 19.2 Å². The van der Waals surface area contributed by atoms with Gasteiger partial charge in [-0.05, 0) is 66.3 Å². The third kappa shape index (κ3) is 5.23. The number of pyridine rings is 1. The van der Waals surface area contributed by atoms with E-state index in [1.54, 1.807) is 11.8 Å². The Bertz CT molecular complexity index is 964. The third-order valence-corrected chi connectivity index (χ3v) is 7.90. The normalized spacial score (nSPS) is 17.4. The number of carbonyl (C=O) groups excluding carboxylic acids is 1. The van der Waals surface area contributed by atoms with Crippen molar-refractivity contribution in [2.24, 2.45) is 11.3 Å². The number of thioether (sulfide) groups is 1. The van der Waals surface area contributed by atoms with Crippen LogP contribution in [0.4, 0.5) is 0 Å². The van der Waals surface area contributed by atoms with Gasteiger partial charge >= 0.3 is 0 Å². The van der Waals surface area contributed by atoms with Crippen molar-refractivity contribution in [1.82, 2.24) is 4.98 Å². The maximum absolute atomic E-state index is 13.4. The van der Waals surface area contributed by atoms with Crippen LogP contribution in [0.1, 0.15) is 68.4 Å². The van der Waals surface area contributed by atoms with Gasteiger partial charge in [-0.15, -0.1) is 11.8 Å². The highest BCUT2D eigenvalue weighted by molar-refractivity contribution is 7.99. The fourth-order valence-corrected chi connectivity index (χ4v) is 5.52. The zero-order valence-electron chi connectivity index (χ0n) is 19.7. The van der Waals surface area contributed by atoms with Crippen LogP contribution in [0, 0.1) is 25.2 Å². The molecule has 1 aromatic heterocycles.